The van der Waals surface area contributed by atoms with E-state index >= 15 is 0 Å². The van der Waals surface area contributed by atoms with Crippen LogP contribution >= 0.6 is 0 Å². The molecule has 10 aromatic rings. The normalized spacial score (nSPS) is 14.1. The first-order chi connectivity index (χ1) is 29.5. The Labute approximate surface area is 351 Å². The van der Waals surface area contributed by atoms with E-state index in [1.807, 2.05) is 0 Å². The van der Waals surface area contributed by atoms with Gasteiger partial charge < -0.3 is 9.47 Å². The van der Waals surface area contributed by atoms with Crippen LogP contribution in [0.5, 0.6) is 0 Å². The van der Waals surface area contributed by atoms with Gasteiger partial charge in [0.2, 0.25) is 0 Å². The predicted octanol–water partition coefficient (Wildman–Crippen LogP) is 14.9. The molecule has 60 heavy (non-hydrogen) atoms. The largest absolute Gasteiger partial charge is 0.310 e. The Morgan fingerprint density at radius 3 is 1.58 bits per heavy atom. The summed E-state index contributed by atoms with van der Waals surface area (Å²) in [6, 6.07) is 80.9. The molecule has 2 heteroatoms. The van der Waals surface area contributed by atoms with E-state index in [1.165, 1.54) is 83.1 Å². The number of nitrogens with zero attached hydrogens (tertiary/aromatic N) is 2. The zero-order valence-electron chi connectivity index (χ0n) is 33.7. The molecule has 1 spiro atoms. The lowest BCUT2D eigenvalue weighted by atomic mass is 9.55. The smallest absolute Gasteiger partial charge is 0.0720 e. The number of hydrogen-bond donors (Lipinski definition) is 0. The lowest BCUT2D eigenvalue weighted by molar-refractivity contribution is 0.563. The van der Waals surface area contributed by atoms with Crippen molar-refractivity contribution in [3.8, 4) is 27.9 Å². The van der Waals surface area contributed by atoms with Crippen LogP contribution < -0.4 is 4.90 Å². The molecule has 284 valence electrons. The Bertz CT molecular complexity index is 3230. The Hall–Kier alpha value is -7.42. The molecule has 0 bridgehead atoms. The molecule has 0 unspecified atom stereocenters. The maximum Gasteiger partial charge on any atom is 0.0720 e. The first-order valence-corrected chi connectivity index (χ1v) is 21.0. The van der Waals surface area contributed by atoms with Crippen LogP contribution in [-0.2, 0) is 10.8 Å². The molecule has 2 aliphatic rings. The third-order valence-corrected chi connectivity index (χ3v) is 13.5. The van der Waals surface area contributed by atoms with Crippen molar-refractivity contribution in [1.82, 2.24) is 4.57 Å². The summed E-state index contributed by atoms with van der Waals surface area (Å²) in [6.07, 6.45) is 0. The molecule has 0 aliphatic heterocycles. The van der Waals surface area contributed by atoms with E-state index in [0.717, 1.165) is 17.1 Å². The summed E-state index contributed by atoms with van der Waals surface area (Å²) < 4.78 is 2.37. The maximum absolute atomic E-state index is 2.48. The number of aromatic nitrogens is 1. The zero-order valence-corrected chi connectivity index (χ0v) is 33.7. The van der Waals surface area contributed by atoms with Crippen LogP contribution in [0.2, 0.25) is 0 Å². The lowest BCUT2D eigenvalue weighted by Gasteiger charge is -2.46. The van der Waals surface area contributed by atoms with E-state index in [4.69, 9.17) is 0 Å². The molecule has 0 amide bonds. The molecule has 0 saturated carbocycles. The maximum atomic E-state index is 2.48. The number of para-hydroxylation sites is 3. The van der Waals surface area contributed by atoms with Gasteiger partial charge in [-0.05, 0) is 122 Å². The fraction of sp³-hybridized carbons (Fsp3) is 0.0690. The van der Waals surface area contributed by atoms with Crippen molar-refractivity contribution < 1.29 is 0 Å². The monoisotopic (exact) mass is 766 g/mol. The molecular weight excluding hydrogens is 725 g/mol. The van der Waals surface area contributed by atoms with Crippen LogP contribution in [0.4, 0.5) is 17.1 Å². The highest BCUT2D eigenvalue weighted by atomic mass is 15.1. The second kappa shape index (κ2) is 13.0. The van der Waals surface area contributed by atoms with Gasteiger partial charge in [0, 0.05) is 38.9 Å². The van der Waals surface area contributed by atoms with Gasteiger partial charge in [-0.3, -0.25) is 0 Å². The minimum atomic E-state index is -0.459. The topological polar surface area (TPSA) is 8.17 Å². The van der Waals surface area contributed by atoms with E-state index in [-0.39, 0.29) is 5.41 Å². The Morgan fingerprint density at radius 1 is 0.350 bits per heavy atom. The van der Waals surface area contributed by atoms with E-state index in [9.17, 15) is 0 Å². The molecule has 2 aliphatic carbocycles. The van der Waals surface area contributed by atoms with Crippen LogP contribution in [0.15, 0.2) is 218 Å². The van der Waals surface area contributed by atoms with Crippen molar-refractivity contribution in [3.63, 3.8) is 0 Å². The Kier molecular flexibility index (Phi) is 7.52. The molecule has 9 aromatic carbocycles. The van der Waals surface area contributed by atoms with Crippen LogP contribution in [0.25, 0.3) is 49.7 Å². The number of rotatable bonds is 5. The van der Waals surface area contributed by atoms with E-state index in [0.29, 0.717) is 0 Å². The Morgan fingerprint density at radius 2 is 0.867 bits per heavy atom. The Balaban J connectivity index is 1.02. The summed E-state index contributed by atoms with van der Waals surface area (Å²) in [5.74, 6) is 0. The second-order valence-electron chi connectivity index (χ2n) is 16.9. The summed E-state index contributed by atoms with van der Waals surface area (Å²) in [5, 5.41) is 2.51. The number of fused-ring (bicyclic) bond motifs is 12. The minimum Gasteiger partial charge on any atom is -0.310 e. The second-order valence-corrected chi connectivity index (χ2v) is 16.9. The number of hydrogen-bond acceptors (Lipinski definition) is 1. The van der Waals surface area contributed by atoms with E-state index < -0.39 is 5.41 Å². The molecule has 2 nitrogen and oxygen atoms in total. The van der Waals surface area contributed by atoms with E-state index in [2.05, 4.69) is 242 Å². The van der Waals surface area contributed by atoms with Crippen LogP contribution in [0, 0.1) is 0 Å². The van der Waals surface area contributed by atoms with Gasteiger partial charge in [0.15, 0.2) is 0 Å². The van der Waals surface area contributed by atoms with Gasteiger partial charge in [-0.2, -0.15) is 0 Å². The molecule has 1 heterocycles. The van der Waals surface area contributed by atoms with Crippen molar-refractivity contribution in [3.05, 3.63) is 252 Å². The summed E-state index contributed by atoms with van der Waals surface area (Å²) >= 11 is 0. The highest BCUT2D eigenvalue weighted by Crippen LogP contribution is 2.62. The third kappa shape index (κ3) is 4.82. The van der Waals surface area contributed by atoms with Gasteiger partial charge in [0.25, 0.3) is 0 Å². The molecular formula is C58H42N2. The molecule has 0 fully saturated rings. The SMILES string of the molecule is CC1(C)c2ccccc2C2(c3ccccc3-c3ccc(N(c4ccccc4)c4ccc(-c5ccc6c(c5)c5ccccc5n6-c5ccccc5)cc4)cc32)c2ccccc21. The van der Waals surface area contributed by atoms with Gasteiger partial charge in [0.1, 0.15) is 0 Å². The predicted molar refractivity (Wildman–Crippen MR) is 250 cm³/mol. The molecule has 0 saturated heterocycles. The van der Waals surface area contributed by atoms with Gasteiger partial charge >= 0.3 is 0 Å². The van der Waals surface area contributed by atoms with Crippen LogP contribution in [0.1, 0.15) is 47.2 Å². The van der Waals surface area contributed by atoms with Crippen LogP contribution in [-0.4, -0.2) is 4.57 Å². The standard InChI is InChI=1S/C58H42N2/c1-57(2)50-24-12-14-26-52(50)58(53-27-15-13-25-51(53)57)49-23-11-9-21-45(49)46-35-34-44(38-54(46)58)59(41-17-5-3-6-18-41)43-32-29-39(30-33-43)40-31-36-56-48(37-40)47-22-10-16-28-55(47)60(56)42-19-7-4-8-20-42/h3-38H,1-2H3. The lowest BCUT2D eigenvalue weighted by Crippen LogP contribution is -2.40. The quantitative estimate of drug-likeness (QED) is 0.169. The molecule has 0 atom stereocenters. The van der Waals surface area contributed by atoms with Crippen molar-refractivity contribution in [2.24, 2.45) is 0 Å². The highest BCUT2D eigenvalue weighted by Gasteiger charge is 2.53. The van der Waals surface area contributed by atoms with Crippen molar-refractivity contribution in [2.75, 3.05) is 4.90 Å². The van der Waals surface area contributed by atoms with Crippen molar-refractivity contribution in [2.45, 2.75) is 24.7 Å². The first-order valence-electron chi connectivity index (χ1n) is 21.0. The van der Waals surface area contributed by atoms with Gasteiger partial charge in [-0.15, -0.1) is 0 Å². The molecule has 0 radical (unpaired) electrons. The molecule has 0 N–H and O–H groups in total. The molecule has 12 rings (SSSR count). The number of benzene rings is 9. The van der Waals surface area contributed by atoms with Crippen LogP contribution in [0.3, 0.4) is 0 Å². The third-order valence-electron chi connectivity index (χ3n) is 13.5. The summed E-state index contributed by atoms with van der Waals surface area (Å²) in [5.41, 5.74) is 19.5. The first kappa shape index (κ1) is 34.6. The zero-order chi connectivity index (χ0) is 40.0. The average Bonchev–Trinajstić information content (AvgIpc) is 3.79. The average molecular weight is 767 g/mol. The fourth-order valence-electron chi connectivity index (χ4n) is 10.8. The summed E-state index contributed by atoms with van der Waals surface area (Å²) in [6.45, 7) is 4.77. The summed E-state index contributed by atoms with van der Waals surface area (Å²) in [4.78, 5) is 2.42. The number of anilines is 3. The summed E-state index contributed by atoms with van der Waals surface area (Å²) in [7, 11) is 0. The van der Waals surface area contributed by atoms with Crippen molar-refractivity contribution in [1.29, 1.82) is 0 Å². The van der Waals surface area contributed by atoms with Gasteiger partial charge in [0.05, 0.1) is 16.4 Å². The van der Waals surface area contributed by atoms with Crippen molar-refractivity contribution >= 4 is 38.9 Å². The highest BCUT2D eigenvalue weighted by molar-refractivity contribution is 6.10. The molecule has 1 aromatic heterocycles. The van der Waals surface area contributed by atoms with Gasteiger partial charge in [-0.1, -0.05) is 166 Å². The van der Waals surface area contributed by atoms with Gasteiger partial charge in [-0.25, -0.2) is 0 Å². The minimum absolute atomic E-state index is 0.144. The fourth-order valence-corrected chi connectivity index (χ4v) is 10.8. The van der Waals surface area contributed by atoms with E-state index in [1.54, 1.807) is 0 Å².